The van der Waals surface area contributed by atoms with Crippen LogP contribution in [0.15, 0.2) is 24.5 Å². The molecule has 2 aromatic rings. The first-order valence-corrected chi connectivity index (χ1v) is 6.17. The second-order valence-electron chi connectivity index (χ2n) is 4.84. The summed E-state index contributed by atoms with van der Waals surface area (Å²) in [7, 11) is 0. The van der Waals surface area contributed by atoms with E-state index in [0.29, 0.717) is 5.92 Å². The Bertz CT molecular complexity index is 538. The van der Waals surface area contributed by atoms with Crippen LogP contribution in [-0.2, 0) is 0 Å². The molecule has 0 spiro atoms. The summed E-state index contributed by atoms with van der Waals surface area (Å²) in [4.78, 5) is 6.64. The Morgan fingerprint density at radius 3 is 2.94 bits per heavy atom. The zero-order valence-corrected chi connectivity index (χ0v) is 9.56. The number of nitrogens with one attached hydrogen (secondary N) is 1. The highest BCUT2D eigenvalue weighted by molar-refractivity contribution is 5.78. The number of H-pyrrole nitrogens is 1. The van der Waals surface area contributed by atoms with Gasteiger partial charge in [-0.15, -0.1) is 0 Å². The second kappa shape index (κ2) is 3.32. The molecule has 0 atom stereocenters. The van der Waals surface area contributed by atoms with Crippen LogP contribution in [-0.4, -0.2) is 28.3 Å². The summed E-state index contributed by atoms with van der Waals surface area (Å²) in [6.07, 6.45) is 6.22. The van der Waals surface area contributed by atoms with Crippen molar-refractivity contribution in [2.24, 2.45) is 0 Å². The summed E-state index contributed by atoms with van der Waals surface area (Å²) in [5.41, 5.74) is 4.83. The summed E-state index contributed by atoms with van der Waals surface area (Å²) in [6.45, 7) is 2.34. The highest BCUT2D eigenvalue weighted by Gasteiger charge is 2.35. The van der Waals surface area contributed by atoms with Crippen LogP contribution < -0.4 is 4.90 Å². The van der Waals surface area contributed by atoms with Crippen molar-refractivity contribution < 1.29 is 0 Å². The van der Waals surface area contributed by atoms with E-state index in [-0.39, 0.29) is 0 Å². The molecule has 0 amide bonds. The van der Waals surface area contributed by atoms with Crippen molar-refractivity contribution in [3.8, 4) is 11.3 Å². The van der Waals surface area contributed by atoms with Crippen molar-refractivity contribution in [2.45, 2.75) is 18.8 Å². The van der Waals surface area contributed by atoms with E-state index in [4.69, 9.17) is 0 Å². The molecule has 1 N–H and O–H groups in total. The quantitative estimate of drug-likeness (QED) is 0.810. The molecule has 1 fully saturated rings. The van der Waals surface area contributed by atoms with Gasteiger partial charge in [0, 0.05) is 37.0 Å². The van der Waals surface area contributed by atoms with E-state index in [9.17, 15) is 0 Å². The number of aromatic nitrogens is 3. The lowest BCUT2D eigenvalue weighted by Gasteiger charge is -2.40. The van der Waals surface area contributed by atoms with Crippen LogP contribution in [0, 0.1) is 0 Å². The fraction of sp³-hybridized carbons (Fsp3) is 0.385. The number of hydrogen-bond acceptors (Lipinski definition) is 3. The summed E-state index contributed by atoms with van der Waals surface area (Å²) in [6, 6.07) is 4.04. The Labute approximate surface area is 99.7 Å². The molecule has 86 valence electrons. The Morgan fingerprint density at radius 1 is 1.29 bits per heavy atom. The highest BCUT2D eigenvalue weighted by atomic mass is 15.2. The van der Waals surface area contributed by atoms with Gasteiger partial charge in [0.1, 0.15) is 5.69 Å². The predicted octanol–water partition coefficient (Wildman–Crippen LogP) is 2.17. The molecule has 0 unspecified atom stereocenters. The van der Waals surface area contributed by atoms with Gasteiger partial charge in [0.2, 0.25) is 0 Å². The number of rotatable bonds is 1. The maximum Gasteiger partial charge on any atom is 0.117 e. The molecular weight excluding hydrogens is 212 g/mol. The van der Waals surface area contributed by atoms with Crippen LogP contribution in [0.1, 0.15) is 24.5 Å². The molecule has 2 bridgehead atoms. The van der Waals surface area contributed by atoms with Crippen LogP contribution in [0.5, 0.6) is 0 Å². The average Bonchev–Trinajstić information content (AvgIpc) is 2.88. The average molecular weight is 226 g/mol. The van der Waals surface area contributed by atoms with Crippen molar-refractivity contribution in [3.05, 3.63) is 30.2 Å². The Hall–Kier alpha value is -1.84. The van der Waals surface area contributed by atoms with Gasteiger partial charge in [-0.3, -0.25) is 10.1 Å². The molecule has 3 aliphatic heterocycles. The molecule has 17 heavy (non-hydrogen) atoms. The van der Waals surface area contributed by atoms with E-state index in [2.05, 4.69) is 26.1 Å². The highest BCUT2D eigenvalue weighted by Crippen LogP contribution is 2.45. The van der Waals surface area contributed by atoms with Crippen LogP contribution in [0.4, 0.5) is 5.69 Å². The zero-order chi connectivity index (χ0) is 11.2. The normalized spacial score (nSPS) is 18.5. The van der Waals surface area contributed by atoms with E-state index >= 15 is 0 Å². The molecule has 1 saturated heterocycles. The van der Waals surface area contributed by atoms with Gasteiger partial charge in [-0.05, 0) is 25.0 Å². The largest absolute Gasteiger partial charge is 0.368 e. The van der Waals surface area contributed by atoms with Crippen molar-refractivity contribution >= 4 is 5.69 Å². The standard InChI is InChI=1S/C13H14N4/c1-2-10(8-14-5-1)12-13-11(15-16-12)9-3-6-17(13)7-4-9/h1-2,5,8-9H,3-4,6-7H2,(H,15,16). The van der Waals surface area contributed by atoms with Gasteiger partial charge in [-0.2, -0.15) is 5.10 Å². The zero-order valence-electron chi connectivity index (χ0n) is 9.56. The molecule has 5 heterocycles. The van der Waals surface area contributed by atoms with Gasteiger partial charge in [-0.1, -0.05) is 0 Å². The smallest absolute Gasteiger partial charge is 0.117 e. The molecule has 4 heteroatoms. The summed E-state index contributed by atoms with van der Waals surface area (Å²) in [5, 5.41) is 7.74. The predicted molar refractivity (Wildman–Crippen MR) is 66.0 cm³/mol. The van der Waals surface area contributed by atoms with Crippen LogP contribution in [0.3, 0.4) is 0 Å². The van der Waals surface area contributed by atoms with E-state index < -0.39 is 0 Å². The van der Waals surface area contributed by atoms with Gasteiger partial charge in [0.05, 0.1) is 11.4 Å². The van der Waals surface area contributed by atoms with Crippen LogP contribution >= 0.6 is 0 Å². The third-order valence-electron chi connectivity index (χ3n) is 3.92. The number of piperidine rings is 1. The minimum Gasteiger partial charge on any atom is -0.368 e. The van der Waals surface area contributed by atoms with Crippen molar-refractivity contribution in [2.75, 3.05) is 18.0 Å². The minimum absolute atomic E-state index is 0.688. The minimum atomic E-state index is 0.688. The maximum atomic E-state index is 4.50. The van der Waals surface area contributed by atoms with Gasteiger partial charge >= 0.3 is 0 Å². The first-order valence-electron chi connectivity index (χ1n) is 6.17. The molecule has 2 aromatic heterocycles. The third kappa shape index (κ3) is 1.24. The van der Waals surface area contributed by atoms with Gasteiger partial charge < -0.3 is 4.90 Å². The molecule has 3 aliphatic rings. The molecule has 5 rings (SSSR count). The molecular formula is C13H14N4. The molecule has 0 aliphatic carbocycles. The number of anilines is 1. The lowest BCUT2D eigenvalue weighted by molar-refractivity contribution is 0.466. The van der Waals surface area contributed by atoms with E-state index in [1.165, 1.54) is 37.3 Å². The van der Waals surface area contributed by atoms with Crippen molar-refractivity contribution in [1.82, 2.24) is 15.2 Å². The van der Waals surface area contributed by atoms with Gasteiger partial charge in [0.15, 0.2) is 0 Å². The summed E-state index contributed by atoms with van der Waals surface area (Å²) in [5.74, 6) is 0.688. The molecule has 0 aromatic carbocycles. The second-order valence-corrected chi connectivity index (χ2v) is 4.84. The molecule has 4 nitrogen and oxygen atoms in total. The fourth-order valence-electron chi connectivity index (χ4n) is 3.05. The number of pyridine rings is 1. The lowest BCUT2D eigenvalue weighted by atomic mass is 9.86. The van der Waals surface area contributed by atoms with Crippen LogP contribution in [0.2, 0.25) is 0 Å². The number of nitrogens with zero attached hydrogens (tertiary/aromatic N) is 3. The van der Waals surface area contributed by atoms with Gasteiger partial charge in [-0.25, -0.2) is 0 Å². The Kier molecular flexibility index (Phi) is 1.80. The van der Waals surface area contributed by atoms with Crippen molar-refractivity contribution in [3.63, 3.8) is 0 Å². The monoisotopic (exact) mass is 226 g/mol. The fourth-order valence-corrected chi connectivity index (χ4v) is 3.05. The van der Waals surface area contributed by atoms with E-state index in [0.717, 1.165) is 11.3 Å². The SMILES string of the molecule is c1cncc(-c2n[nH]c3c2N2CCC3CC2)c1. The summed E-state index contributed by atoms with van der Waals surface area (Å²) >= 11 is 0. The first kappa shape index (κ1) is 9.22. The van der Waals surface area contributed by atoms with E-state index in [1.54, 1.807) is 6.20 Å². The number of aromatic amines is 1. The van der Waals surface area contributed by atoms with Crippen molar-refractivity contribution in [1.29, 1.82) is 0 Å². The van der Waals surface area contributed by atoms with Gasteiger partial charge in [0.25, 0.3) is 0 Å². The lowest BCUT2D eigenvalue weighted by Crippen LogP contribution is -2.38. The number of fused-ring (bicyclic) bond motifs is 2. The Morgan fingerprint density at radius 2 is 2.18 bits per heavy atom. The number of hydrogen-bond donors (Lipinski definition) is 1. The first-order chi connectivity index (χ1) is 8.43. The Balaban J connectivity index is 1.90. The maximum absolute atomic E-state index is 4.50. The van der Waals surface area contributed by atoms with Crippen LogP contribution in [0.25, 0.3) is 11.3 Å². The molecule has 0 radical (unpaired) electrons. The topological polar surface area (TPSA) is 44.8 Å². The van der Waals surface area contributed by atoms with E-state index in [1.807, 2.05) is 12.3 Å². The molecule has 0 saturated carbocycles. The third-order valence-corrected chi connectivity index (χ3v) is 3.92. The summed E-state index contributed by atoms with van der Waals surface area (Å²) < 4.78 is 0.